The van der Waals surface area contributed by atoms with Crippen molar-refractivity contribution in [2.24, 2.45) is 0 Å². The molecule has 0 unspecified atom stereocenters. The summed E-state index contributed by atoms with van der Waals surface area (Å²) in [6.07, 6.45) is 1.09. The van der Waals surface area contributed by atoms with Crippen molar-refractivity contribution in [3.63, 3.8) is 0 Å². The van der Waals surface area contributed by atoms with E-state index in [2.05, 4.69) is 53.9 Å². The first-order valence-corrected chi connectivity index (χ1v) is 7.01. The SMILES string of the molecule is CCCNc1nsnc1-c1cc(C)c(C)cc1C. The lowest BCUT2D eigenvalue weighted by Crippen LogP contribution is -2.01. The summed E-state index contributed by atoms with van der Waals surface area (Å²) in [6, 6.07) is 4.42. The predicted octanol–water partition coefficient (Wildman–Crippen LogP) is 3.95. The van der Waals surface area contributed by atoms with Crippen LogP contribution in [0.2, 0.25) is 0 Å². The van der Waals surface area contributed by atoms with Gasteiger partial charge in [0.1, 0.15) is 5.69 Å². The van der Waals surface area contributed by atoms with E-state index in [1.165, 1.54) is 34.0 Å². The molecule has 1 aromatic carbocycles. The van der Waals surface area contributed by atoms with Crippen LogP contribution >= 0.6 is 11.7 Å². The number of hydrogen-bond acceptors (Lipinski definition) is 4. The second kappa shape index (κ2) is 5.48. The molecule has 0 saturated heterocycles. The van der Waals surface area contributed by atoms with Gasteiger partial charge in [0.25, 0.3) is 0 Å². The van der Waals surface area contributed by atoms with Gasteiger partial charge >= 0.3 is 0 Å². The summed E-state index contributed by atoms with van der Waals surface area (Å²) in [7, 11) is 0. The van der Waals surface area contributed by atoms with Crippen LogP contribution in [0.25, 0.3) is 11.3 Å². The number of benzene rings is 1. The van der Waals surface area contributed by atoms with Gasteiger partial charge in [-0.2, -0.15) is 8.75 Å². The molecule has 1 heterocycles. The molecule has 4 heteroatoms. The van der Waals surface area contributed by atoms with Crippen LogP contribution in [0.1, 0.15) is 30.0 Å². The van der Waals surface area contributed by atoms with E-state index in [1.54, 1.807) is 0 Å². The van der Waals surface area contributed by atoms with Crippen molar-refractivity contribution in [1.29, 1.82) is 0 Å². The lowest BCUT2D eigenvalue weighted by atomic mass is 9.99. The minimum Gasteiger partial charge on any atom is -0.367 e. The van der Waals surface area contributed by atoms with E-state index in [0.29, 0.717) is 0 Å². The lowest BCUT2D eigenvalue weighted by molar-refractivity contribution is 0.974. The van der Waals surface area contributed by atoms with Gasteiger partial charge in [-0.1, -0.05) is 13.0 Å². The molecule has 2 aromatic rings. The van der Waals surface area contributed by atoms with Crippen LogP contribution in [0, 0.1) is 20.8 Å². The van der Waals surface area contributed by atoms with Crippen molar-refractivity contribution < 1.29 is 0 Å². The van der Waals surface area contributed by atoms with E-state index >= 15 is 0 Å². The fraction of sp³-hybridized carbons (Fsp3) is 0.429. The van der Waals surface area contributed by atoms with Gasteiger partial charge in [0.05, 0.1) is 11.7 Å². The molecule has 1 aromatic heterocycles. The maximum atomic E-state index is 4.44. The molecule has 0 atom stereocenters. The number of aryl methyl sites for hydroxylation is 3. The summed E-state index contributed by atoms with van der Waals surface area (Å²) in [5.74, 6) is 0.910. The highest BCUT2D eigenvalue weighted by molar-refractivity contribution is 6.99. The van der Waals surface area contributed by atoms with Crippen LogP contribution in [0.3, 0.4) is 0 Å². The Hall–Kier alpha value is -1.42. The predicted molar refractivity (Wildman–Crippen MR) is 78.3 cm³/mol. The second-order valence-corrected chi connectivity index (χ2v) is 5.17. The zero-order valence-electron chi connectivity index (χ0n) is 11.4. The first-order chi connectivity index (χ1) is 8.63. The zero-order chi connectivity index (χ0) is 13.1. The largest absolute Gasteiger partial charge is 0.367 e. The standard InChI is InChI=1S/C14H19N3S/c1-5-6-15-14-13(16-18-17-14)12-8-10(3)9(2)7-11(12)4/h7-8H,5-6H2,1-4H3,(H,15,17). The molecule has 0 spiro atoms. The highest BCUT2D eigenvalue weighted by Gasteiger charge is 2.13. The molecule has 18 heavy (non-hydrogen) atoms. The maximum Gasteiger partial charge on any atom is 0.168 e. The highest BCUT2D eigenvalue weighted by Crippen LogP contribution is 2.30. The normalized spacial score (nSPS) is 10.7. The zero-order valence-corrected chi connectivity index (χ0v) is 12.2. The fourth-order valence-corrected chi connectivity index (χ4v) is 2.48. The third-order valence-corrected chi connectivity index (χ3v) is 3.66. The minimum atomic E-state index is 0.910. The van der Waals surface area contributed by atoms with Gasteiger partial charge in [-0.25, -0.2) is 0 Å². The quantitative estimate of drug-likeness (QED) is 0.905. The van der Waals surface area contributed by atoms with Crippen LogP contribution in [0.15, 0.2) is 12.1 Å². The molecule has 1 N–H and O–H groups in total. The Balaban J connectivity index is 2.42. The number of nitrogens with one attached hydrogen (secondary N) is 1. The Labute approximate surface area is 113 Å². The van der Waals surface area contributed by atoms with Crippen molar-refractivity contribution >= 4 is 17.5 Å². The summed E-state index contributed by atoms with van der Waals surface area (Å²) in [4.78, 5) is 0. The summed E-state index contributed by atoms with van der Waals surface area (Å²) < 4.78 is 8.78. The van der Waals surface area contributed by atoms with E-state index in [4.69, 9.17) is 0 Å². The van der Waals surface area contributed by atoms with Gasteiger partial charge in [0.2, 0.25) is 0 Å². The van der Waals surface area contributed by atoms with Crippen LogP contribution in [0.4, 0.5) is 5.82 Å². The minimum absolute atomic E-state index is 0.910. The number of anilines is 1. The summed E-state index contributed by atoms with van der Waals surface area (Å²) in [6.45, 7) is 9.49. The summed E-state index contributed by atoms with van der Waals surface area (Å²) in [5.41, 5.74) is 6.04. The van der Waals surface area contributed by atoms with Crippen LogP contribution < -0.4 is 5.32 Å². The molecule has 0 saturated carbocycles. The molecule has 0 amide bonds. The van der Waals surface area contributed by atoms with Gasteiger partial charge in [0.15, 0.2) is 5.82 Å². The molecule has 96 valence electrons. The molecule has 3 nitrogen and oxygen atoms in total. The van der Waals surface area contributed by atoms with E-state index in [1.807, 2.05) is 0 Å². The van der Waals surface area contributed by atoms with Gasteiger partial charge in [-0.15, -0.1) is 0 Å². The molecule has 0 radical (unpaired) electrons. The lowest BCUT2D eigenvalue weighted by Gasteiger charge is -2.09. The molecular weight excluding hydrogens is 242 g/mol. The average Bonchev–Trinajstić information content (AvgIpc) is 2.79. The van der Waals surface area contributed by atoms with Crippen LogP contribution in [0.5, 0.6) is 0 Å². The summed E-state index contributed by atoms with van der Waals surface area (Å²) in [5, 5.41) is 3.34. The van der Waals surface area contributed by atoms with E-state index in [9.17, 15) is 0 Å². The van der Waals surface area contributed by atoms with Crippen molar-refractivity contribution in [2.75, 3.05) is 11.9 Å². The fourth-order valence-electron chi connectivity index (χ4n) is 1.94. The maximum absolute atomic E-state index is 4.44. The van der Waals surface area contributed by atoms with Crippen molar-refractivity contribution in [3.8, 4) is 11.3 Å². The molecular formula is C14H19N3S. The van der Waals surface area contributed by atoms with Crippen molar-refractivity contribution in [3.05, 3.63) is 28.8 Å². The smallest absolute Gasteiger partial charge is 0.168 e. The van der Waals surface area contributed by atoms with Gasteiger partial charge < -0.3 is 5.32 Å². The monoisotopic (exact) mass is 261 g/mol. The molecule has 0 bridgehead atoms. The Morgan fingerprint density at radius 2 is 1.78 bits per heavy atom. The van der Waals surface area contributed by atoms with Gasteiger partial charge in [-0.3, -0.25) is 0 Å². The number of hydrogen-bond donors (Lipinski definition) is 1. The first-order valence-electron chi connectivity index (χ1n) is 6.28. The van der Waals surface area contributed by atoms with Crippen LogP contribution in [-0.2, 0) is 0 Å². The Kier molecular flexibility index (Phi) is 3.97. The van der Waals surface area contributed by atoms with Crippen molar-refractivity contribution in [1.82, 2.24) is 8.75 Å². The summed E-state index contributed by atoms with van der Waals surface area (Å²) >= 11 is 1.27. The highest BCUT2D eigenvalue weighted by atomic mass is 32.1. The van der Waals surface area contributed by atoms with E-state index < -0.39 is 0 Å². The van der Waals surface area contributed by atoms with Gasteiger partial charge in [-0.05, 0) is 49.9 Å². The van der Waals surface area contributed by atoms with E-state index in [0.717, 1.165) is 24.5 Å². The molecule has 0 aliphatic carbocycles. The number of aromatic nitrogens is 2. The number of nitrogens with zero attached hydrogens (tertiary/aromatic N) is 2. The third kappa shape index (κ3) is 2.53. The second-order valence-electron chi connectivity index (χ2n) is 4.64. The Bertz CT molecular complexity index is 546. The van der Waals surface area contributed by atoms with Crippen molar-refractivity contribution in [2.45, 2.75) is 34.1 Å². The Morgan fingerprint density at radius 1 is 1.06 bits per heavy atom. The molecule has 0 aliphatic rings. The third-order valence-electron chi connectivity index (χ3n) is 3.13. The van der Waals surface area contributed by atoms with Crippen LogP contribution in [-0.4, -0.2) is 15.3 Å². The molecule has 0 fully saturated rings. The first kappa shape index (κ1) is 13.0. The van der Waals surface area contributed by atoms with E-state index in [-0.39, 0.29) is 0 Å². The Morgan fingerprint density at radius 3 is 2.50 bits per heavy atom. The molecule has 2 rings (SSSR count). The van der Waals surface area contributed by atoms with Gasteiger partial charge in [0, 0.05) is 12.1 Å². The number of rotatable bonds is 4. The average molecular weight is 261 g/mol. The topological polar surface area (TPSA) is 37.8 Å². The molecule has 0 aliphatic heterocycles.